The van der Waals surface area contributed by atoms with Crippen LogP contribution < -0.4 is 10.6 Å². The Morgan fingerprint density at radius 2 is 2.03 bits per heavy atom. The van der Waals surface area contributed by atoms with Crippen LogP contribution in [0.15, 0.2) is 24.4 Å². The number of nitrogens with zero attached hydrogens (tertiary/aromatic N) is 1. The van der Waals surface area contributed by atoms with Crippen molar-refractivity contribution in [3.05, 3.63) is 51.9 Å². The zero-order valence-electron chi connectivity index (χ0n) is 16.1. The van der Waals surface area contributed by atoms with Gasteiger partial charge >= 0.3 is 5.97 Å². The number of esters is 1. The number of anilines is 2. The van der Waals surface area contributed by atoms with Crippen LogP contribution >= 0.6 is 11.6 Å². The molecular formula is C21H21ClFN3O3. The Bertz CT molecular complexity index is 1000. The summed E-state index contributed by atoms with van der Waals surface area (Å²) in [6, 6.07) is 4.29. The number of amides is 1. The molecule has 2 fully saturated rings. The third-order valence-electron chi connectivity index (χ3n) is 5.35. The average molecular weight is 418 g/mol. The van der Waals surface area contributed by atoms with Crippen molar-refractivity contribution in [3.63, 3.8) is 0 Å². The standard InChI is InChI=1S/C21H21ClFN3O3/c1-21(6-7-21)26-19(27)13-5-8-24-18(16(13)22)25-17-14(11-3-4-11)9-12(10-15(17)23)20(28)29-2/h5,8-11H,3-4,6-7H2,1-2H3,(H,24,25)(H,26,27). The van der Waals surface area contributed by atoms with Gasteiger partial charge in [-0.3, -0.25) is 4.79 Å². The Kier molecular flexibility index (Phi) is 4.94. The Labute approximate surface area is 172 Å². The van der Waals surface area contributed by atoms with Crippen molar-refractivity contribution in [2.75, 3.05) is 12.4 Å². The molecule has 2 aromatic rings. The van der Waals surface area contributed by atoms with Crippen molar-refractivity contribution >= 4 is 35.0 Å². The fraction of sp³-hybridized carbons (Fsp3) is 0.381. The van der Waals surface area contributed by atoms with Gasteiger partial charge < -0.3 is 15.4 Å². The Hall–Kier alpha value is -2.67. The van der Waals surface area contributed by atoms with Crippen LogP contribution in [0.2, 0.25) is 5.02 Å². The summed E-state index contributed by atoms with van der Waals surface area (Å²) in [5.74, 6) is -1.15. The van der Waals surface area contributed by atoms with Crippen LogP contribution in [0.1, 0.15) is 64.8 Å². The quantitative estimate of drug-likeness (QED) is 0.673. The molecule has 2 aliphatic carbocycles. The van der Waals surface area contributed by atoms with Crippen molar-refractivity contribution in [1.29, 1.82) is 0 Å². The van der Waals surface area contributed by atoms with E-state index < -0.39 is 11.8 Å². The third kappa shape index (κ3) is 4.05. The van der Waals surface area contributed by atoms with Crippen LogP contribution in [0.4, 0.5) is 15.9 Å². The van der Waals surface area contributed by atoms with Gasteiger partial charge in [0.15, 0.2) is 0 Å². The average Bonchev–Trinajstić information content (AvgIpc) is 3.61. The van der Waals surface area contributed by atoms with Gasteiger partial charge in [-0.05, 0) is 62.3 Å². The summed E-state index contributed by atoms with van der Waals surface area (Å²) < 4.78 is 19.6. The zero-order valence-corrected chi connectivity index (χ0v) is 16.9. The molecule has 1 amide bonds. The molecule has 2 aliphatic rings. The van der Waals surface area contributed by atoms with E-state index in [0.29, 0.717) is 5.56 Å². The number of hydrogen-bond donors (Lipinski definition) is 2. The Balaban J connectivity index is 1.66. The van der Waals surface area contributed by atoms with Gasteiger partial charge in [-0.15, -0.1) is 0 Å². The summed E-state index contributed by atoms with van der Waals surface area (Å²) in [6.07, 6.45) is 5.11. The number of aromatic nitrogens is 1. The van der Waals surface area contributed by atoms with Gasteiger partial charge in [0.25, 0.3) is 5.91 Å². The van der Waals surface area contributed by atoms with Crippen LogP contribution in [-0.4, -0.2) is 29.5 Å². The molecule has 2 N–H and O–H groups in total. The Morgan fingerprint density at radius 1 is 1.31 bits per heavy atom. The maximum atomic E-state index is 14.9. The van der Waals surface area contributed by atoms with Crippen molar-refractivity contribution in [3.8, 4) is 0 Å². The molecule has 0 radical (unpaired) electrons. The number of nitrogens with one attached hydrogen (secondary N) is 2. The second-order valence-corrected chi connectivity index (χ2v) is 8.23. The number of carbonyl (C=O) groups is 2. The molecule has 1 aromatic carbocycles. The summed E-state index contributed by atoms with van der Waals surface area (Å²) in [5.41, 5.74) is 1.12. The van der Waals surface area contributed by atoms with Crippen LogP contribution in [0.3, 0.4) is 0 Å². The summed E-state index contributed by atoms with van der Waals surface area (Å²) in [7, 11) is 1.26. The van der Waals surface area contributed by atoms with Gasteiger partial charge in [0.2, 0.25) is 0 Å². The second kappa shape index (κ2) is 7.30. The van der Waals surface area contributed by atoms with Gasteiger partial charge in [-0.1, -0.05) is 11.6 Å². The van der Waals surface area contributed by atoms with E-state index in [-0.39, 0.29) is 45.0 Å². The molecule has 6 nitrogen and oxygen atoms in total. The number of halogens is 2. The van der Waals surface area contributed by atoms with Gasteiger partial charge in [0.1, 0.15) is 11.6 Å². The largest absolute Gasteiger partial charge is 0.465 e. The minimum absolute atomic E-state index is 0.118. The number of carbonyl (C=O) groups excluding carboxylic acids is 2. The summed E-state index contributed by atoms with van der Waals surface area (Å²) >= 11 is 6.42. The molecular weight excluding hydrogens is 397 g/mol. The van der Waals surface area contributed by atoms with Gasteiger partial charge in [-0.25, -0.2) is 14.2 Å². The van der Waals surface area contributed by atoms with E-state index >= 15 is 0 Å². The van der Waals surface area contributed by atoms with E-state index in [9.17, 15) is 14.0 Å². The van der Waals surface area contributed by atoms with Crippen LogP contribution in [0.5, 0.6) is 0 Å². The highest BCUT2D eigenvalue weighted by Crippen LogP contribution is 2.45. The topological polar surface area (TPSA) is 80.3 Å². The van der Waals surface area contributed by atoms with Crippen LogP contribution in [0.25, 0.3) is 0 Å². The van der Waals surface area contributed by atoms with Crippen molar-refractivity contribution < 1.29 is 18.7 Å². The SMILES string of the molecule is COC(=O)c1cc(F)c(Nc2nccc(C(=O)NC3(C)CC3)c2Cl)c(C2CC2)c1. The maximum Gasteiger partial charge on any atom is 0.337 e. The molecule has 0 aliphatic heterocycles. The van der Waals surface area contributed by atoms with Crippen LogP contribution in [-0.2, 0) is 4.74 Å². The monoisotopic (exact) mass is 417 g/mol. The summed E-state index contributed by atoms with van der Waals surface area (Å²) in [5, 5.41) is 6.01. The van der Waals surface area contributed by atoms with Crippen molar-refractivity contribution in [2.45, 2.75) is 44.1 Å². The minimum Gasteiger partial charge on any atom is -0.465 e. The molecule has 29 heavy (non-hydrogen) atoms. The molecule has 2 saturated carbocycles. The molecule has 0 bridgehead atoms. The predicted octanol–water partition coefficient (Wildman–Crippen LogP) is 4.56. The van der Waals surface area contributed by atoms with Crippen molar-refractivity contribution in [1.82, 2.24) is 10.3 Å². The summed E-state index contributed by atoms with van der Waals surface area (Å²) in [6.45, 7) is 1.97. The highest BCUT2D eigenvalue weighted by Gasteiger charge is 2.39. The third-order valence-corrected chi connectivity index (χ3v) is 5.73. The van der Waals surface area contributed by atoms with Gasteiger partial charge in [-0.2, -0.15) is 0 Å². The number of pyridine rings is 1. The predicted molar refractivity (Wildman–Crippen MR) is 107 cm³/mol. The Morgan fingerprint density at radius 3 is 2.66 bits per heavy atom. The number of ether oxygens (including phenoxy) is 1. The van der Waals surface area contributed by atoms with E-state index in [1.807, 2.05) is 6.92 Å². The molecule has 0 spiro atoms. The highest BCUT2D eigenvalue weighted by molar-refractivity contribution is 6.36. The highest BCUT2D eigenvalue weighted by atomic mass is 35.5. The van der Waals surface area contributed by atoms with E-state index in [2.05, 4.69) is 15.6 Å². The van der Waals surface area contributed by atoms with Crippen molar-refractivity contribution in [2.24, 2.45) is 0 Å². The summed E-state index contributed by atoms with van der Waals surface area (Å²) in [4.78, 5) is 28.6. The molecule has 0 saturated heterocycles. The number of rotatable bonds is 6. The lowest BCUT2D eigenvalue weighted by Gasteiger charge is -2.17. The minimum atomic E-state index is -0.604. The first-order valence-corrected chi connectivity index (χ1v) is 9.85. The van der Waals surface area contributed by atoms with Crippen LogP contribution in [0, 0.1) is 5.82 Å². The molecule has 1 heterocycles. The normalized spacial score (nSPS) is 16.8. The molecule has 1 aromatic heterocycles. The lowest BCUT2D eigenvalue weighted by atomic mass is 10.0. The number of benzene rings is 1. The molecule has 0 atom stereocenters. The number of hydrogen-bond acceptors (Lipinski definition) is 5. The lowest BCUT2D eigenvalue weighted by Crippen LogP contribution is -2.34. The lowest BCUT2D eigenvalue weighted by molar-refractivity contribution is 0.0600. The first kappa shape index (κ1) is 19.6. The number of methoxy groups -OCH3 is 1. The molecule has 0 unspecified atom stereocenters. The van der Waals surface area contributed by atoms with E-state index in [1.165, 1.54) is 19.4 Å². The fourth-order valence-electron chi connectivity index (χ4n) is 3.19. The molecule has 8 heteroatoms. The molecule has 152 valence electrons. The smallest absolute Gasteiger partial charge is 0.337 e. The second-order valence-electron chi connectivity index (χ2n) is 7.85. The maximum absolute atomic E-state index is 14.9. The van der Waals surface area contributed by atoms with E-state index in [4.69, 9.17) is 16.3 Å². The van der Waals surface area contributed by atoms with Gasteiger partial charge in [0.05, 0.1) is 28.9 Å². The van der Waals surface area contributed by atoms with E-state index in [1.54, 1.807) is 6.07 Å². The first-order valence-electron chi connectivity index (χ1n) is 9.47. The zero-order chi connectivity index (χ0) is 20.8. The first-order chi connectivity index (χ1) is 13.8. The molecule has 4 rings (SSSR count). The van der Waals surface area contributed by atoms with E-state index in [0.717, 1.165) is 31.7 Å². The fourth-order valence-corrected chi connectivity index (χ4v) is 3.44. The van der Waals surface area contributed by atoms with Gasteiger partial charge in [0, 0.05) is 11.7 Å².